The molecule has 0 unspecified atom stereocenters. The van der Waals surface area contributed by atoms with E-state index in [-0.39, 0.29) is 18.5 Å². The summed E-state index contributed by atoms with van der Waals surface area (Å²) in [5, 5.41) is 3.07. The van der Waals surface area contributed by atoms with Crippen molar-refractivity contribution in [2.45, 2.75) is 44.7 Å². The van der Waals surface area contributed by atoms with E-state index in [1.807, 2.05) is 0 Å². The number of nitrogens with zero attached hydrogens (tertiary/aromatic N) is 1. The Morgan fingerprint density at radius 2 is 1.80 bits per heavy atom. The minimum Gasteiger partial charge on any atom is -0.496 e. The topological polar surface area (TPSA) is 75.7 Å². The monoisotopic (exact) mass is 434 g/mol. The molecule has 1 aliphatic carbocycles. The average molecular weight is 435 g/mol. The zero-order valence-electron chi connectivity index (χ0n) is 17.2. The van der Waals surface area contributed by atoms with Crippen LogP contribution in [0.25, 0.3) is 0 Å². The smallest absolute Gasteiger partial charge is 0.251 e. The van der Waals surface area contributed by atoms with Gasteiger partial charge in [-0.25, -0.2) is 12.8 Å². The highest BCUT2D eigenvalue weighted by molar-refractivity contribution is 7.92. The van der Waals surface area contributed by atoms with Gasteiger partial charge in [-0.3, -0.25) is 9.10 Å². The van der Waals surface area contributed by atoms with Gasteiger partial charge in [-0.05, 0) is 55.3 Å². The van der Waals surface area contributed by atoms with Crippen LogP contribution in [-0.2, 0) is 16.6 Å². The number of sulfonamides is 1. The molecule has 0 heterocycles. The number of anilines is 1. The number of carbonyl (C=O) groups is 1. The summed E-state index contributed by atoms with van der Waals surface area (Å²) in [7, 11) is -2.17. The van der Waals surface area contributed by atoms with E-state index in [1.54, 1.807) is 18.2 Å². The standard InChI is InChI=1S/C22H27FN2O4S/c1-29-21-13-8-16(22(26)24-19-6-4-3-5-7-19)14-17(21)15-25(30(2,27)28)20-11-9-18(23)10-12-20/h8-14,19H,3-7,15H2,1-2H3,(H,24,26). The van der Waals surface area contributed by atoms with Crippen LogP contribution in [0.1, 0.15) is 48.0 Å². The predicted octanol–water partition coefficient (Wildman–Crippen LogP) is 3.86. The Kier molecular flexibility index (Phi) is 6.97. The Labute approximate surface area is 177 Å². The van der Waals surface area contributed by atoms with Crippen molar-refractivity contribution in [3.63, 3.8) is 0 Å². The molecule has 0 aromatic heterocycles. The largest absolute Gasteiger partial charge is 0.496 e. The predicted molar refractivity (Wildman–Crippen MR) is 115 cm³/mol. The molecule has 0 spiro atoms. The molecule has 162 valence electrons. The van der Waals surface area contributed by atoms with Crippen LogP contribution in [-0.4, -0.2) is 33.7 Å². The fraction of sp³-hybridized carbons (Fsp3) is 0.409. The highest BCUT2D eigenvalue weighted by Gasteiger charge is 2.22. The van der Waals surface area contributed by atoms with E-state index in [2.05, 4.69) is 5.32 Å². The number of halogens is 1. The van der Waals surface area contributed by atoms with Crippen molar-refractivity contribution in [3.05, 3.63) is 59.4 Å². The second-order valence-corrected chi connectivity index (χ2v) is 9.49. The maximum absolute atomic E-state index is 13.3. The minimum absolute atomic E-state index is 0.0435. The van der Waals surface area contributed by atoms with Gasteiger partial charge in [0.1, 0.15) is 11.6 Å². The maximum atomic E-state index is 13.3. The second-order valence-electron chi connectivity index (χ2n) is 7.58. The molecule has 1 N–H and O–H groups in total. The molecular weight excluding hydrogens is 407 g/mol. The van der Waals surface area contributed by atoms with E-state index in [4.69, 9.17) is 4.74 Å². The van der Waals surface area contributed by atoms with Gasteiger partial charge in [0, 0.05) is 17.2 Å². The van der Waals surface area contributed by atoms with Crippen molar-refractivity contribution < 1.29 is 22.3 Å². The Balaban J connectivity index is 1.87. The molecule has 0 radical (unpaired) electrons. The number of carbonyl (C=O) groups excluding carboxylic acids is 1. The molecule has 6 nitrogen and oxygen atoms in total. The number of ether oxygens (including phenoxy) is 1. The van der Waals surface area contributed by atoms with Crippen molar-refractivity contribution in [1.82, 2.24) is 5.32 Å². The van der Waals surface area contributed by atoms with Crippen LogP contribution in [0.5, 0.6) is 5.75 Å². The van der Waals surface area contributed by atoms with E-state index < -0.39 is 15.8 Å². The van der Waals surface area contributed by atoms with Crippen LogP contribution in [0, 0.1) is 5.82 Å². The SMILES string of the molecule is COc1ccc(C(=O)NC2CCCCC2)cc1CN(c1ccc(F)cc1)S(C)(=O)=O. The van der Waals surface area contributed by atoms with E-state index in [0.29, 0.717) is 22.6 Å². The van der Waals surface area contributed by atoms with Crippen LogP contribution >= 0.6 is 0 Å². The van der Waals surface area contributed by atoms with Crippen LogP contribution in [0.4, 0.5) is 10.1 Å². The number of hydrogen-bond acceptors (Lipinski definition) is 4. The molecule has 0 atom stereocenters. The number of methoxy groups -OCH3 is 1. The highest BCUT2D eigenvalue weighted by atomic mass is 32.2. The van der Waals surface area contributed by atoms with E-state index in [0.717, 1.165) is 36.2 Å². The van der Waals surface area contributed by atoms with Crippen molar-refractivity contribution in [3.8, 4) is 5.75 Å². The first-order valence-corrected chi connectivity index (χ1v) is 11.8. The lowest BCUT2D eigenvalue weighted by molar-refractivity contribution is 0.0927. The fourth-order valence-electron chi connectivity index (χ4n) is 3.72. The van der Waals surface area contributed by atoms with Crippen molar-refractivity contribution in [1.29, 1.82) is 0 Å². The van der Waals surface area contributed by atoms with Gasteiger partial charge in [0.05, 0.1) is 25.6 Å². The molecule has 0 bridgehead atoms. The summed E-state index contributed by atoms with van der Waals surface area (Å²) in [5.41, 5.74) is 1.32. The summed E-state index contributed by atoms with van der Waals surface area (Å²) >= 11 is 0. The van der Waals surface area contributed by atoms with Gasteiger partial charge >= 0.3 is 0 Å². The lowest BCUT2D eigenvalue weighted by Gasteiger charge is -2.25. The van der Waals surface area contributed by atoms with Crippen LogP contribution in [0.3, 0.4) is 0 Å². The lowest BCUT2D eigenvalue weighted by Crippen LogP contribution is -2.36. The number of hydrogen-bond donors (Lipinski definition) is 1. The number of benzene rings is 2. The quantitative estimate of drug-likeness (QED) is 0.718. The summed E-state index contributed by atoms with van der Waals surface area (Å²) in [6, 6.07) is 10.4. The molecule has 1 amide bonds. The van der Waals surface area contributed by atoms with Crippen molar-refractivity contribution in [2.24, 2.45) is 0 Å². The third-order valence-corrected chi connectivity index (χ3v) is 6.45. The molecule has 2 aromatic rings. The van der Waals surface area contributed by atoms with E-state index in [1.165, 1.54) is 37.8 Å². The van der Waals surface area contributed by atoms with Gasteiger partial charge in [-0.1, -0.05) is 19.3 Å². The van der Waals surface area contributed by atoms with E-state index >= 15 is 0 Å². The third-order valence-electron chi connectivity index (χ3n) is 5.31. The molecule has 1 saturated carbocycles. The fourth-order valence-corrected chi connectivity index (χ4v) is 4.60. The molecule has 2 aromatic carbocycles. The summed E-state index contributed by atoms with van der Waals surface area (Å²) in [6.07, 6.45) is 6.45. The van der Waals surface area contributed by atoms with Gasteiger partial charge < -0.3 is 10.1 Å². The molecule has 3 rings (SSSR count). The zero-order valence-corrected chi connectivity index (χ0v) is 18.0. The van der Waals surface area contributed by atoms with Gasteiger partial charge in [0.2, 0.25) is 10.0 Å². The van der Waals surface area contributed by atoms with Crippen LogP contribution in [0.2, 0.25) is 0 Å². The Morgan fingerprint density at radius 3 is 2.40 bits per heavy atom. The second kappa shape index (κ2) is 9.47. The molecule has 1 fully saturated rings. The first-order chi connectivity index (χ1) is 14.3. The van der Waals surface area contributed by atoms with Gasteiger partial charge in [-0.15, -0.1) is 0 Å². The number of nitrogens with one attached hydrogen (secondary N) is 1. The Morgan fingerprint density at radius 1 is 1.13 bits per heavy atom. The maximum Gasteiger partial charge on any atom is 0.251 e. The number of rotatable bonds is 7. The average Bonchev–Trinajstić information content (AvgIpc) is 2.72. The zero-order chi connectivity index (χ0) is 21.7. The molecular formula is C22H27FN2O4S. The first-order valence-electron chi connectivity index (χ1n) is 9.99. The minimum atomic E-state index is -3.66. The summed E-state index contributed by atoms with van der Waals surface area (Å²) in [4.78, 5) is 12.7. The normalized spacial score (nSPS) is 14.9. The summed E-state index contributed by atoms with van der Waals surface area (Å²) in [5.74, 6) is -0.162. The molecule has 1 aliphatic rings. The van der Waals surface area contributed by atoms with Gasteiger partial charge in [0.15, 0.2) is 0 Å². The third kappa shape index (κ3) is 5.50. The lowest BCUT2D eigenvalue weighted by atomic mass is 9.95. The van der Waals surface area contributed by atoms with Crippen molar-refractivity contribution in [2.75, 3.05) is 17.7 Å². The Hall–Kier alpha value is -2.61. The highest BCUT2D eigenvalue weighted by Crippen LogP contribution is 2.27. The summed E-state index contributed by atoms with van der Waals surface area (Å²) < 4.78 is 44.7. The summed E-state index contributed by atoms with van der Waals surface area (Å²) in [6.45, 7) is -0.0435. The Bertz CT molecular complexity index is 987. The molecule has 8 heteroatoms. The molecule has 0 saturated heterocycles. The van der Waals surface area contributed by atoms with E-state index in [9.17, 15) is 17.6 Å². The van der Waals surface area contributed by atoms with Gasteiger partial charge in [0.25, 0.3) is 5.91 Å². The molecule has 0 aliphatic heterocycles. The van der Waals surface area contributed by atoms with Gasteiger partial charge in [-0.2, -0.15) is 0 Å². The number of amides is 1. The first kappa shape index (κ1) is 22.1. The van der Waals surface area contributed by atoms with Crippen LogP contribution in [0.15, 0.2) is 42.5 Å². The van der Waals surface area contributed by atoms with Crippen LogP contribution < -0.4 is 14.4 Å². The van der Waals surface area contributed by atoms with Crippen molar-refractivity contribution >= 4 is 21.6 Å². The molecule has 30 heavy (non-hydrogen) atoms.